The van der Waals surface area contributed by atoms with Gasteiger partial charge in [-0.15, -0.1) is 0 Å². The van der Waals surface area contributed by atoms with Gasteiger partial charge in [0.1, 0.15) is 45.2 Å². The molecule has 0 fully saturated rings. The number of benzene rings is 5. The van der Waals surface area contributed by atoms with E-state index in [-0.39, 0.29) is 12.1 Å². The van der Waals surface area contributed by atoms with Crippen molar-refractivity contribution >= 4 is 68.4 Å². The second-order valence-corrected chi connectivity index (χ2v) is 15.7. The third-order valence-corrected chi connectivity index (χ3v) is 11.4. The van der Waals surface area contributed by atoms with Gasteiger partial charge in [0.05, 0.1) is 11.4 Å². The van der Waals surface area contributed by atoms with Crippen LogP contribution in [-0.4, -0.2) is 46.4 Å². The first-order valence-electron chi connectivity index (χ1n) is 18.8. The average molecular weight is 719 g/mol. The molecule has 5 aliphatic heterocycles. The normalized spacial score (nSPS) is 16.2. The molecule has 11 rings (SSSR count). The zero-order valence-corrected chi connectivity index (χ0v) is 31.0. The van der Waals surface area contributed by atoms with Crippen LogP contribution in [0.15, 0.2) is 77.2 Å². The summed E-state index contributed by atoms with van der Waals surface area (Å²) in [5.74, 6) is 5.29. The highest BCUT2D eigenvalue weighted by Crippen LogP contribution is 2.52. The van der Waals surface area contributed by atoms with Crippen LogP contribution >= 0.6 is 0 Å². The molecule has 270 valence electrons. The van der Waals surface area contributed by atoms with E-state index in [0.717, 1.165) is 102 Å². The summed E-state index contributed by atoms with van der Waals surface area (Å²) < 4.78 is 44.1. The van der Waals surface area contributed by atoms with E-state index in [4.69, 9.17) is 32.8 Å². The summed E-state index contributed by atoms with van der Waals surface area (Å²) in [5, 5.41) is 1.09. The number of ether oxygens (including phenoxy) is 6. The molecule has 6 aromatic rings. The fraction of sp³-hybridized carbons (Fsp3) is 0.273. The standard InChI is InChI=1S/C44H39BN2O7/c1-24-19-38-42(53-18-17-52-38)25(2)41(24)47-31-8-6-7-30-40(31)45(39-28-20-26(44(3,4)5)9-11-33(28)54-43(39)47)29-22-36-37(51-16-15-50-36)23-32(29)46(30)27-10-12-34-35(21-27)49-14-13-48-34/h6-12,19-23H,13-18H2,1-5H3. The van der Waals surface area contributed by atoms with E-state index < -0.39 is 0 Å². The van der Waals surface area contributed by atoms with Crippen molar-refractivity contribution in [2.45, 2.75) is 40.0 Å². The van der Waals surface area contributed by atoms with Crippen molar-refractivity contribution in [3.63, 3.8) is 0 Å². The number of anilines is 6. The Morgan fingerprint density at radius 2 is 1.26 bits per heavy atom. The molecule has 0 saturated carbocycles. The third-order valence-electron chi connectivity index (χ3n) is 11.4. The van der Waals surface area contributed by atoms with Crippen LogP contribution in [-0.2, 0) is 5.41 Å². The lowest BCUT2D eigenvalue weighted by Crippen LogP contribution is -2.61. The molecule has 0 saturated heterocycles. The van der Waals surface area contributed by atoms with Gasteiger partial charge in [0, 0.05) is 45.6 Å². The Labute approximate surface area is 314 Å². The smallest absolute Gasteiger partial charge is 0.257 e. The SMILES string of the molecule is Cc1cc2c(c(C)c1N1c3cccc4c3B(c3cc5c(cc3N4c3ccc4c(c3)OCCO4)OCCO5)c3c1oc1ccc(C(C)(C)C)cc31)OCCO2. The number of rotatable bonds is 2. The second kappa shape index (κ2) is 11.3. The monoisotopic (exact) mass is 718 g/mol. The van der Waals surface area contributed by atoms with Crippen molar-refractivity contribution in [1.82, 2.24) is 0 Å². The number of fused-ring (bicyclic) bond motifs is 9. The van der Waals surface area contributed by atoms with Crippen molar-refractivity contribution in [1.29, 1.82) is 0 Å². The first-order chi connectivity index (χ1) is 26.2. The molecule has 0 atom stereocenters. The first kappa shape index (κ1) is 31.6. The molecule has 10 heteroatoms. The minimum atomic E-state index is -0.184. The quantitative estimate of drug-likeness (QED) is 0.167. The lowest BCUT2D eigenvalue weighted by atomic mass is 9.33. The van der Waals surface area contributed by atoms with Gasteiger partial charge in [0.25, 0.3) is 6.71 Å². The summed E-state index contributed by atoms with van der Waals surface area (Å²) in [6.07, 6.45) is 0. The molecule has 5 aliphatic rings. The molecule has 9 nitrogen and oxygen atoms in total. The maximum atomic E-state index is 7.09. The summed E-state index contributed by atoms with van der Waals surface area (Å²) in [6, 6.07) is 25.9. The predicted molar refractivity (Wildman–Crippen MR) is 211 cm³/mol. The van der Waals surface area contributed by atoms with E-state index in [1.54, 1.807) is 0 Å². The number of aryl methyl sites for hydroxylation is 1. The highest BCUT2D eigenvalue weighted by atomic mass is 16.6. The molecule has 5 aromatic carbocycles. The van der Waals surface area contributed by atoms with Crippen LogP contribution < -0.4 is 54.6 Å². The van der Waals surface area contributed by atoms with Crippen LogP contribution in [0, 0.1) is 13.8 Å². The highest BCUT2D eigenvalue weighted by Gasteiger charge is 2.47. The van der Waals surface area contributed by atoms with E-state index in [2.05, 4.69) is 111 Å². The predicted octanol–water partition coefficient (Wildman–Crippen LogP) is 7.74. The summed E-state index contributed by atoms with van der Waals surface area (Å²) in [7, 11) is 0. The van der Waals surface area contributed by atoms with Crippen LogP contribution in [0.25, 0.3) is 11.0 Å². The van der Waals surface area contributed by atoms with E-state index in [9.17, 15) is 0 Å². The van der Waals surface area contributed by atoms with Gasteiger partial charge in [-0.05, 0) is 89.8 Å². The van der Waals surface area contributed by atoms with Crippen molar-refractivity contribution in [2.75, 3.05) is 49.4 Å². The molecule has 0 bridgehead atoms. The Balaban J connectivity index is 1.25. The van der Waals surface area contributed by atoms with Gasteiger partial charge < -0.3 is 37.7 Å². The fourth-order valence-corrected chi connectivity index (χ4v) is 8.97. The minimum Gasteiger partial charge on any atom is -0.486 e. The minimum absolute atomic E-state index is 0.0669. The lowest BCUT2D eigenvalue weighted by Gasteiger charge is -2.43. The Morgan fingerprint density at radius 1 is 0.593 bits per heavy atom. The van der Waals surface area contributed by atoms with Crippen molar-refractivity contribution < 1.29 is 32.8 Å². The topological polar surface area (TPSA) is 75.0 Å². The van der Waals surface area contributed by atoms with Crippen molar-refractivity contribution in [3.05, 3.63) is 89.5 Å². The summed E-state index contributed by atoms with van der Waals surface area (Å²) in [6.45, 7) is 13.9. The third kappa shape index (κ3) is 4.45. The molecule has 6 heterocycles. The van der Waals surface area contributed by atoms with Crippen molar-refractivity contribution in [2.24, 2.45) is 0 Å². The summed E-state index contributed by atoms with van der Waals surface area (Å²) in [4.78, 5) is 4.64. The lowest BCUT2D eigenvalue weighted by molar-refractivity contribution is 0.170. The number of nitrogens with zero attached hydrogens (tertiary/aromatic N) is 2. The molecule has 0 amide bonds. The average Bonchev–Trinajstić information content (AvgIpc) is 3.56. The highest BCUT2D eigenvalue weighted by molar-refractivity contribution is 7.01. The van der Waals surface area contributed by atoms with Gasteiger partial charge in [-0.1, -0.05) is 32.9 Å². The molecule has 0 spiro atoms. The van der Waals surface area contributed by atoms with Crippen LogP contribution in [0.3, 0.4) is 0 Å². The Bertz CT molecular complexity index is 2570. The largest absolute Gasteiger partial charge is 0.486 e. The van der Waals surface area contributed by atoms with Gasteiger partial charge in [-0.3, -0.25) is 4.90 Å². The molecular weight excluding hydrogens is 679 g/mol. The zero-order chi connectivity index (χ0) is 36.5. The molecule has 54 heavy (non-hydrogen) atoms. The van der Waals surface area contributed by atoms with Gasteiger partial charge in [-0.25, -0.2) is 0 Å². The van der Waals surface area contributed by atoms with E-state index in [1.807, 2.05) is 6.07 Å². The first-order valence-corrected chi connectivity index (χ1v) is 18.8. The number of furan rings is 1. The van der Waals surface area contributed by atoms with E-state index in [0.29, 0.717) is 39.6 Å². The Hall–Kier alpha value is -5.90. The van der Waals surface area contributed by atoms with E-state index in [1.165, 1.54) is 11.0 Å². The van der Waals surface area contributed by atoms with Crippen LogP contribution in [0.2, 0.25) is 0 Å². The van der Waals surface area contributed by atoms with Gasteiger partial charge >= 0.3 is 0 Å². The molecular formula is C44H39BN2O7. The van der Waals surface area contributed by atoms with Gasteiger partial charge in [0.2, 0.25) is 5.88 Å². The molecule has 0 radical (unpaired) electrons. The maximum Gasteiger partial charge on any atom is 0.257 e. The van der Waals surface area contributed by atoms with Crippen LogP contribution in [0.4, 0.5) is 34.3 Å². The van der Waals surface area contributed by atoms with Gasteiger partial charge in [0.15, 0.2) is 34.5 Å². The summed E-state index contributed by atoms with van der Waals surface area (Å²) >= 11 is 0. The Kier molecular flexibility index (Phi) is 6.62. The molecule has 0 aliphatic carbocycles. The second-order valence-electron chi connectivity index (χ2n) is 15.7. The van der Waals surface area contributed by atoms with Gasteiger partial charge in [-0.2, -0.15) is 0 Å². The Morgan fingerprint density at radius 3 is 2.02 bits per heavy atom. The number of hydrogen-bond donors (Lipinski definition) is 0. The van der Waals surface area contributed by atoms with Crippen LogP contribution in [0.5, 0.6) is 34.5 Å². The molecule has 0 unspecified atom stereocenters. The molecule has 0 N–H and O–H groups in total. The maximum absolute atomic E-state index is 7.09. The van der Waals surface area contributed by atoms with Crippen LogP contribution in [0.1, 0.15) is 37.5 Å². The zero-order valence-electron chi connectivity index (χ0n) is 31.0. The summed E-state index contributed by atoms with van der Waals surface area (Å²) in [5.41, 5.74) is 12.5. The van der Waals surface area contributed by atoms with Crippen molar-refractivity contribution in [3.8, 4) is 34.5 Å². The molecule has 1 aromatic heterocycles. The number of hydrogen-bond acceptors (Lipinski definition) is 9. The van der Waals surface area contributed by atoms with E-state index >= 15 is 0 Å². The fourth-order valence-electron chi connectivity index (χ4n) is 8.97.